The van der Waals surface area contributed by atoms with Crippen LogP contribution in [0.4, 0.5) is 0 Å². The molecule has 1 amide bonds. The van der Waals surface area contributed by atoms with Gasteiger partial charge in [0, 0.05) is 29.4 Å². The normalized spacial score (nSPS) is 23.4. The van der Waals surface area contributed by atoms with E-state index in [2.05, 4.69) is 51.0 Å². The van der Waals surface area contributed by atoms with Gasteiger partial charge in [0.15, 0.2) is 5.16 Å². The largest absolute Gasteiger partial charge is 0.337 e. The Morgan fingerprint density at radius 1 is 1.23 bits per heavy atom. The summed E-state index contributed by atoms with van der Waals surface area (Å²) in [4.78, 5) is 16.2. The van der Waals surface area contributed by atoms with Crippen LogP contribution < -0.4 is 0 Å². The molecule has 2 atom stereocenters. The number of carbonyl (C=O) groups is 1. The quantitative estimate of drug-likeness (QED) is 0.696. The third kappa shape index (κ3) is 3.83. The number of thioether (sulfide) groups is 1. The van der Waals surface area contributed by atoms with Gasteiger partial charge in [0.25, 0.3) is 0 Å². The monoisotopic (exact) mass is 390 g/mol. The molecule has 2 unspecified atom stereocenters. The molecule has 4 rings (SSSR count). The Morgan fingerprint density at radius 2 is 2.00 bits per heavy atom. The lowest BCUT2D eigenvalue weighted by Crippen LogP contribution is -2.48. The summed E-state index contributed by atoms with van der Waals surface area (Å²) < 4.78 is 2.28. The molecular formula is C19H26N4OS2. The first-order valence-corrected chi connectivity index (χ1v) is 11.4. The molecule has 1 aliphatic carbocycles. The Hall–Kier alpha value is -1.34. The highest BCUT2D eigenvalue weighted by Gasteiger charge is 2.32. The van der Waals surface area contributed by atoms with E-state index in [0.717, 1.165) is 30.2 Å². The average Bonchev–Trinajstić information content (AvgIpc) is 3.16. The number of hydrogen-bond donors (Lipinski definition) is 0. The Kier molecular flexibility index (Phi) is 5.36. The fourth-order valence-electron chi connectivity index (χ4n) is 3.91. The smallest absolute Gasteiger partial charge is 0.233 e. The van der Waals surface area contributed by atoms with Crippen molar-refractivity contribution in [1.29, 1.82) is 0 Å². The molecule has 3 heterocycles. The van der Waals surface area contributed by atoms with Crippen molar-refractivity contribution in [3.8, 4) is 0 Å². The highest BCUT2D eigenvalue weighted by atomic mass is 32.2. The fourth-order valence-corrected chi connectivity index (χ4v) is 5.50. The third-order valence-corrected chi connectivity index (χ3v) is 7.17. The van der Waals surface area contributed by atoms with Gasteiger partial charge in [0.1, 0.15) is 5.82 Å². The zero-order valence-corrected chi connectivity index (χ0v) is 17.1. The molecule has 0 N–H and O–H groups in total. The minimum Gasteiger partial charge on any atom is -0.337 e. The van der Waals surface area contributed by atoms with Gasteiger partial charge in [-0.3, -0.25) is 4.79 Å². The highest BCUT2D eigenvalue weighted by molar-refractivity contribution is 7.99. The maximum Gasteiger partial charge on any atom is 0.233 e. The Bertz CT molecular complexity index is 744. The second kappa shape index (κ2) is 7.72. The molecule has 0 bridgehead atoms. The molecule has 140 valence electrons. The highest BCUT2D eigenvalue weighted by Crippen LogP contribution is 2.39. The zero-order chi connectivity index (χ0) is 18.1. The van der Waals surface area contributed by atoms with Crippen molar-refractivity contribution < 1.29 is 4.79 Å². The molecule has 5 nitrogen and oxygen atoms in total. The van der Waals surface area contributed by atoms with Crippen LogP contribution in [0.5, 0.6) is 0 Å². The van der Waals surface area contributed by atoms with Gasteiger partial charge in [-0.15, -0.1) is 21.5 Å². The van der Waals surface area contributed by atoms with E-state index in [1.165, 1.54) is 24.1 Å². The Balaban J connectivity index is 1.45. The molecule has 1 saturated carbocycles. The van der Waals surface area contributed by atoms with Crippen molar-refractivity contribution in [2.45, 2.75) is 75.7 Å². The maximum atomic E-state index is 12.8. The molecule has 0 radical (unpaired) electrons. The van der Waals surface area contributed by atoms with Crippen LogP contribution in [0.1, 0.15) is 62.7 Å². The minimum atomic E-state index is 0.236. The molecule has 26 heavy (non-hydrogen) atoms. The summed E-state index contributed by atoms with van der Waals surface area (Å²) in [5.41, 5.74) is 0. The second-order valence-corrected chi connectivity index (χ2v) is 9.45. The number of hydrogen-bond acceptors (Lipinski definition) is 5. The summed E-state index contributed by atoms with van der Waals surface area (Å²) >= 11 is 3.31. The molecule has 0 spiro atoms. The number of nitrogens with zero attached hydrogens (tertiary/aromatic N) is 4. The predicted octanol–water partition coefficient (Wildman–Crippen LogP) is 4.15. The van der Waals surface area contributed by atoms with Crippen molar-refractivity contribution in [3.63, 3.8) is 0 Å². The summed E-state index contributed by atoms with van der Waals surface area (Å²) in [6, 6.07) is 5.44. The van der Waals surface area contributed by atoms with E-state index >= 15 is 0 Å². The van der Waals surface area contributed by atoms with E-state index in [9.17, 15) is 4.79 Å². The van der Waals surface area contributed by atoms with Crippen LogP contribution in [0.3, 0.4) is 0 Å². The maximum absolute atomic E-state index is 12.8. The molecule has 2 aromatic rings. The third-order valence-electron chi connectivity index (χ3n) is 5.37. The Labute approximate surface area is 163 Å². The summed E-state index contributed by atoms with van der Waals surface area (Å²) in [7, 11) is 0. The number of rotatable bonds is 6. The van der Waals surface area contributed by atoms with Crippen molar-refractivity contribution >= 4 is 29.0 Å². The van der Waals surface area contributed by atoms with E-state index in [0.29, 0.717) is 23.9 Å². The van der Waals surface area contributed by atoms with Crippen molar-refractivity contribution in [2.75, 3.05) is 5.75 Å². The van der Waals surface area contributed by atoms with Gasteiger partial charge in [0.05, 0.1) is 5.75 Å². The lowest BCUT2D eigenvalue weighted by Gasteiger charge is -2.39. The van der Waals surface area contributed by atoms with Crippen molar-refractivity contribution in [1.82, 2.24) is 19.7 Å². The lowest BCUT2D eigenvalue weighted by atomic mass is 9.98. The van der Waals surface area contributed by atoms with Crippen LogP contribution in [-0.2, 0) is 11.2 Å². The van der Waals surface area contributed by atoms with Gasteiger partial charge in [-0.25, -0.2) is 0 Å². The molecule has 2 fully saturated rings. The number of likely N-dealkylation sites (tertiary alicyclic amines) is 1. The van der Waals surface area contributed by atoms with Gasteiger partial charge in [-0.05, 0) is 57.4 Å². The lowest BCUT2D eigenvalue weighted by molar-refractivity contribution is -0.134. The summed E-state index contributed by atoms with van der Waals surface area (Å²) in [5, 5.41) is 11.9. The van der Waals surface area contributed by atoms with E-state index in [-0.39, 0.29) is 5.91 Å². The first-order chi connectivity index (χ1) is 12.6. The second-order valence-electron chi connectivity index (χ2n) is 7.47. The van der Waals surface area contributed by atoms with E-state index in [4.69, 9.17) is 0 Å². The molecule has 2 aliphatic rings. The fraction of sp³-hybridized carbons (Fsp3) is 0.632. The summed E-state index contributed by atoms with van der Waals surface area (Å²) in [6.07, 6.45) is 6.67. The van der Waals surface area contributed by atoms with Gasteiger partial charge >= 0.3 is 0 Å². The molecular weight excluding hydrogens is 364 g/mol. The molecule has 7 heteroatoms. The van der Waals surface area contributed by atoms with Crippen LogP contribution in [0.15, 0.2) is 22.7 Å². The number of aromatic nitrogens is 3. The van der Waals surface area contributed by atoms with Crippen molar-refractivity contribution in [2.24, 2.45) is 0 Å². The number of thiophene rings is 1. The number of piperidine rings is 1. The first kappa shape index (κ1) is 18.0. The van der Waals surface area contributed by atoms with E-state index < -0.39 is 0 Å². The first-order valence-electron chi connectivity index (χ1n) is 9.53. The van der Waals surface area contributed by atoms with Crippen LogP contribution in [0.25, 0.3) is 0 Å². The predicted molar refractivity (Wildman–Crippen MR) is 106 cm³/mol. The van der Waals surface area contributed by atoms with Gasteiger partial charge < -0.3 is 9.47 Å². The van der Waals surface area contributed by atoms with Crippen molar-refractivity contribution in [3.05, 3.63) is 28.2 Å². The standard InChI is InChI=1S/C19H26N4OS2/c1-13-5-3-6-14(2)22(13)18(24)12-26-19-21-20-17(23(19)15-8-9-15)11-16-7-4-10-25-16/h4,7,10,13-15H,3,5-6,8-9,11-12H2,1-2H3. The van der Waals surface area contributed by atoms with Crippen LogP contribution in [0, 0.1) is 0 Å². The average molecular weight is 391 g/mol. The van der Waals surface area contributed by atoms with E-state index in [1.54, 1.807) is 23.1 Å². The van der Waals surface area contributed by atoms with Crippen LogP contribution in [-0.4, -0.2) is 43.4 Å². The van der Waals surface area contributed by atoms with Gasteiger partial charge in [0.2, 0.25) is 5.91 Å². The van der Waals surface area contributed by atoms with Crippen LogP contribution in [0.2, 0.25) is 0 Å². The Morgan fingerprint density at radius 3 is 2.65 bits per heavy atom. The molecule has 1 aliphatic heterocycles. The van der Waals surface area contributed by atoms with Gasteiger partial charge in [-0.2, -0.15) is 0 Å². The SMILES string of the molecule is CC1CCCC(C)N1C(=O)CSc1nnc(Cc2cccs2)n1C1CC1. The minimum absolute atomic E-state index is 0.236. The molecule has 0 aromatic carbocycles. The molecule has 2 aromatic heterocycles. The zero-order valence-electron chi connectivity index (χ0n) is 15.4. The summed E-state index contributed by atoms with van der Waals surface area (Å²) in [6.45, 7) is 4.34. The molecule has 1 saturated heterocycles. The number of amides is 1. The van der Waals surface area contributed by atoms with Gasteiger partial charge in [-0.1, -0.05) is 17.8 Å². The summed E-state index contributed by atoms with van der Waals surface area (Å²) in [5.74, 6) is 1.72. The number of carbonyl (C=O) groups excluding carboxylic acids is 1. The topological polar surface area (TPSA) is 51.0 Å². The van der Waals surface area contributed by atoms with E-state index in [1.807, 2.05) is 0 Å². The van der Waals surface area contributed by atoms with Crippen LogP contribution >= 0.6 is 23.1 Å².